The highest BCUT2D eigenvalue weighted by Crippen LogP contribution is 2.16. The molecule has 1 aromatic heterocycles. The molecule has 7 heteroatoms. The van der Waals surface area contributed by atoms with Gasteiger partial charge in [0, 0.05) is 17.6 Å². The Balaban J connectivity index is 1.82. The zero-order chi connectivity index (χ0) is 20.3. The molecule has 0 radical (unpaired) electrons. The van der Waals surface area contributed by atoms with Crippen LogP contribution in [0.25, 0.3) is 10.8 Å². The fourth-order valence-electron chi connectivity index (χ4n) is 2.75. The Kier molecular flexibility index (Phi) is 5.54. The summed E-state index contributed by atoms with van der Waals surface area (Å²) in [6.07, 6.45) is -1.03. The van der Waals surface area contributed by atoms with E-state index in [0.717, 1.165) is 5.56 Å². The maximum absolute atomic E-state index is 12.7. The van der Waals surface area contributed by atoms with Crippen LogP contribution < -0.4 is 10.9 Å². The van der Waals surface area contributed by atoms with Crippen LogP contribution in [0.2, 0.25) is 0 Å². The molecule has 0 aliphatic carbocycles. The minimum Gasteiger partial charge on any atom is -0.448 e. The number of benzene rings is 2. The van der Waals surface area contributed by atoms with Crippen molar-refractivity contribution >= 4 is 28.3 Å². The van der Waals surface area contributed by atoms with E-state index in [2.05, 4.69) is 10.4 Å². The highest BCUT2D eigenvalue weighted by Gasteiger charge is 2.23. The molecule has 1 atom stereocenters. The number of aryl methyl sites for hydroxylation is 2. The van der Waals surface area contributed by atoms with Crippen LogP contribution in [-0.4, -0.2) is 27.8 Å². The third-order valence-corrected chi connectivity index (χ3v) is 4.33. The van der Waals surface area contributed by atoms with Crippen molar-refractivity contribution < 1.29 is 14.3 Å². The molecule has 0 bridgehead atoms. The van der Waals surface area contributed by atoms with Gasteiger partial charge in [-0.25, -0.2) is 9.48 Å². The van der Waals surface area contributed by atoms with Crippen LogP contribution in [0.3, 0.4) is 0 Å². The second-order valence-corrected chi connectivity index (χ2v) is 6.42. The molecule has 2 aromatic carbocycles. The number of esters is 1. The summed E-state index contributed by atoms with van der Waals surface area (Å²) in [4.78, 5) is 37.4. The minimum absolute atomic E-state index is 0.00651. The number of hydrogen-bond donors (Lipinski definition) is 1. The molecule has 0 fully saturated rings. The largest absolute Gasteiger partial charge is 0.448 e. The van der Waals surface area contributed by atoms with Gasteiger partial charge >= 0.3 is 5.97 Å². The van der Waals surface area contributed by atoms with Gasteiger partial charge in [-0.1, -0.05) is 35.9 Å². The first-order valence-corrected chi connectivity index (χ1v) is 8.99. The summed E-state index contributed by atoms with van der Waals surface area (Å²) in [5.41, 5.74) is 1.41. The highest BCUT2D eigenvalue weighted by atomic mass is 16.5. The molecule has 3 rings (SSSR count). The van der Waals surface area contributed by atoms with Crippen LogP contribution in [0, 0.1) is 6.92 Å². The summed E-state index contributed by atoms with van der Waals surface area (Å²) >= 11 is 0. The van der Waals surface area contributed by atoms with Gasteiger partial charge in [-0.3, -0.25) is 9.59 Å². The van der Waals surface area contributed by atoms with Gasteiger partial charge < -0.3 is 10.1 Å². The number of nitrogens with zero attached hydrogens (tertiary/aromatic N) is 2. The highest BCUT2D eigenvalue weighted by molar-refractivity contribution is 6.03. The Labute approximate surface area is 161 Å². The van der Waals surface area contributed by atoms with Gasteiger partial charge in [0.25, 0.3) is 11.5 Å². The summed E-state index contributed by atoms with van der Waals surface area (Å²) in [5, 5.41) is 7.60. The number of ether oxygens (including phenoxy) is 1. The normalized spacial score (nSPS) is 11.8. The molecule has 0 aliphatic heterocycles. The van der Waals surface area contributed by atoms with Gasteiger partial charge in [0.05, 0.1) is 5.39 Å². The molecule has 7 nitrogen and oxygen atoms in total. The molecular weight excluding hydrogens is 358 g/mol. The molecule has 0 unspecified atom stereocenters. The SMILES string of the molecule is CCn1nc(C(=O)O[C@@H](C)C(=O)Nc2ccc(C)cc2)c2ccccc2c1=O. The maximum Gasteiger partial charge on any atom is 0.360 e. The van der Waals surface area contributed by atoms with Crippen molar-refractivity contribution in [2.75, 3.05) is 5.32 Å². The van der Waals surface area contributed by atoms with Crippen molar-refractivity contribution in [1.29, 1.82) is 0 Å². The average molecular weight is 379 g/mol. The molecular formula is C21H21N3O4. The van der Waals surface area contributed by atoms with Crippen molar-refractivity contribution in [3.05, 3.63) is 70.1 Å². The van der Waals surface area contributed by atoms with Crippen molar-refractivity contribution in [2.45, 2.75) is 33.4 Å². The van der Waals surface area contributed by atoms with Crippen LogP contribution in [0.1, 0.15) is 29.9 Å². The Hall–Kier alpha value is -3.48. The lowest BCUT2D eigenvalue weighted by atomic mass is 10.1. The molecule has 0 saturated heterocycles. The summed E-state index contributed by atoms with van der Waals surface area (Å²) in [6, 6.07) is 14.0. The Morgan fingerprint density at radius 3 is 2.39 bits per heavy atom. The van der Waals surface area contributed by atoms with E-state index in [4.69, 9.17) is 4.74 Å². The number of anilines is 1. The van der Waals surface area contributed by atoms with Crippen LogP contribution in [0.15, 0.2) is 53.3 Å². The summed E-state index contributed by atoms with van der Waals surface area (Å²) in [6.45, 7) is 5.51. The standard InChI is InChI=1S/C21H21N3O4/c1-4-24-20(26)17-8-6-5-7-16(17)18(23-24)21(27)28-14(3)19(25)22-15-11-9-13(2)10-12-15/h5-12,14H,4H2,1-3H3,(H,22,25)/t14-/m0/s1. The zero-order valence-electron chi connectivity index (χ0n) is 15.9. The quantitative estimate of drug-likeness (QED) is 0.689. The predicted octanol–water partition coefficient (Wildman–Crippen LogP) is 2.91. The van der Waals surface area contributed by atoms with E-state index in [0.29, 0.717) is 23.0 Å². The number of carbonyl (C=O) groups is 2. The topological polar surface area (TPSA) is 90.3 Å². The first-order valence-electron chi connectivity index (χ1n) is 8.99. The zero-order valence-corrected chi connectivity index (χ0v) is 15.9. The van der Waals surface area contributed by atoms with Crippen molar-refractivity contribution in [3.8, 4) is 0 Å². The molecule has 0 spiro atoms. The second kappa shape index (κ2) is 8.04. The molecule has 0 aliphatic rings. The van der Waals surface area contributed by atoms with E-state index in [-0.39, 0.29) is 11.3 Å². The van der Waals surface area contributed by atoms with Gasteiger partial charge in [-0.2, -0.15) is 5.10 Å². The van der Waals surface area contributed by atoms with E-state index in [1.54, 1.807) is 43.3 Å². The number of fused-ring (bicyclic) bond motifs is 1. The Morgan fingerprint density at radius 1 is 1.11 bits per heavy atom. The molecule has 1 amide bonds. The number of nitrogens with one attached hydrogen (secondary N) is 1. The lowest BCUT2D eigenvalue weighted by Crippen LogP contribution is -2.31. The first kappa shape index (κ1) is 19.3. The molecule has 1 heterocycles. The summed E-state index contributed by atoms with van der Waals surface area (Å²) in [7, 11) is 0. The fraction of sp³-hybridized carbons (Fsp3) is 0.238. The van der Waals surface area contributed by atoms with Gasteiger partial charge in [0.2, 0.25) is 0 Å². The molecule has 3 aromatic rings. The van der Waals surface area contributed by atoms with Gasteiger partial charge in [0.1, 0.15) is 0 Å². The Morgan fingerprint density at radius 2 is 1.75 bits per heavy atom. The van der Waals surface area contributed by atoms with Crippen LogP contribution >= 0.6 is 0 Å². The fourth-order valence-corrected chi connectivity index (χ4v) is 2.75. The average Bonchev–Trinajstić information content (AvgIpc) is 2.70. The van der Waals surface area contributed by atoms with E-state index in [1.807, 2.05) is 19.1 Å². The summed E-state index contributed by atoms with van der Waals surface area (Å²) in [5.74, 6) is -1.21. The minimum atomic E-state index is -1.03. The summed E-state index contributed by atoms with van der Waals surface area (Å²) < 4.78 is 6.52. The van der Waals surface area contributed by atoms with Crippen molar-refractivity contribution in [3.63, 3.8) is 0 Å². The van der Waals surface area contributed by atoms with Crippen molar-refractivity contribution in [1.82, 2.24) is 9.78 Å². The molecule has 0 saturated carbocycles. The second-order valence-electron chi connectivity index (χ2n) is 6.42. The lowest BCUT2D eigenvalue weighted by molar-refractivity contribution is -0.123. The van der Waals surface area contributed by atoms with Crippen LogP contribution in [-0.2, 0) is 16.1 Å². The van der Waals surface area contributed by atoms with Crippen molar-refractivity contribution in [2.24, 2.45) is 0 Å². The van der Waals surface area contributed by atoms with E-state index in [9.17, 15) is 14.4 Å². The lowest BCUT2D eigenvalue weighted by Gasteiger charge is -2.15. The number of aromatic nitrogens is 2. The number of amides is 1. The Bertz CT molecular complexity index is 1090. The van der Waals surface area contributed by atoms with E-state index < -0.39 is 18.0 Å². The number of hydrogen-bond acceptors (Lipinski definition) is 5. The van der Waals surface area contributed by atoms with Gasteiger partial charge in [0.15, 0.2) is 11.8 Å². The number of rotatable bonds is 5. The molecule has 144 valence electrons. The first-order chi connectivity index (χ1) is 13.4. The smallest absolute Gasteiger partial charge is 0.360 e. The van der Waals surface area contributed by atoms with E-state index in [1.165, 1.54) is 11.6 Å². The van der Waals surface area contributed by atoms with Gasteiger partial charge in [-0.05, 0) is 39.0 Å². The maximum atomic E-state index is 12.7. The van der Waals surface area contributed by atoms with Crippen LogP contribution in [0.4, 0.5) is 5.69 Å². The van der Waals surface area contributed by atoms with E-state index >= 15 is 0 Å². The monoisotopic (exact) mass is 379 g/mol. The van der Waals surface area contributed by atoms with Gasteiger partial charge in [-0.15, -0.1) is 0 Å². The number of carbonyl (C=O) groups excluding carboxylic acids is 2. The molecule has 28 heavy (non-hydrogen) atoms. The van der Waals surface area contributed by atoms with Crippen LogP contribution in [0.5, 0.6) is 0 Å². The predicted molar refractivity (Wildman–Crippen MR) is 106 cm³/mol. The third-order valence-electron chi connectivity index (χ3n) is 4.33. The third kappa shape index (κ3) is 3.93. The molecule has 1 N–H and O–H groups in total.